The Kier molecular flexibility index (Phi) is 5.61. The van der Waals surface area contributed by atoms with E-state index in [4.69, 9.17) is 0 Å². The standard InChI is InChI=1S/C22H27N3OS/c1-7-23-22-24(8-2)21(26)20(27-22)13-18-12-16(5)25(17(18)6)19-10-9-14(3)11-15(19)4/h9-13H,7-8H2,1-6H3/b20-13+,23-22?. The lowest BCUT2D eigenvalue weighted by Crippen LogP contribution is -2.28. The molecule has 0 N–H and O–H groups in total. The first-order valence-corrected chi connectivity index (χ1v) is 10.2. The van der Waals surface area contributed by atoms with Gasteiger partial charge < -0.3 is 4.57 Å². The van der Waals surface area contributed by atoms with Crippen molar-refractivity contribution in [2.45, 2.75) is 41.5 Å². The molecular weight excluding hydrogens is 354 g/mol. The third kappa shape index (κ3) is 3.61. The molecule has 0 saturated carbocycles. The molecule has 1 aromatic heterocycles. The molecular formula is C22H27N3OS. The van der Waals surface area contributed by atoms with E-state index in [-0.39, 0.29) is 5.91 Å². The molecule has 2 aromatic rings. The third-order valence-electron chi connectivity index (χ3n) is 4.85. The minimum absolute atomic E-state index is 0.0472. The van der Waals surface area contributed by atoms with E-state index in [1.54, 1.807) is 4.90 Å². The molecule has 0 radical (unpaired) electrons. The van der Waals surface area contributed by atoms with E-state index in [9.17, 15) is 4.79 Å². The van der Waals surface area contributed by atoms with E-state index >= 15 is 0 Å². The molecule has 0 aliphatic carbocycles. The fourth-order valence-corrected chi connectivity index (χ4v) is 4.64. The number of nitrogens with zero attached hydrogens (tertiary/aromatic N) is 3. The van der Waals surface area contributed by atoms with Crippen LogP contribution in [0.1, 0.15) is 41.9 Å². The second-order valence-corrected chi connectivity index (χ2v) is 7.88. The molecule has 0 atom stereocenters. The Morgan fingerprint density at radius 1 is 1.11 bits per heavy atom. The molecule has 0 spiro atoms. The molecule has 1 amide bonds. The van der Waals surface area contributed by atoms with E-state index in [0.29, 0.717) is 13.1 Å². The number of aryl methyl sites for hydroxylation is 3. The predicted octanol–water partition coefficient (Wildman–Crippen LogP) is 5.02. The average molecular weight is 382 g/mol. The largest absolute Gasteiger partial charge is 0.318 e. The van der Waals surface area contributed by atoms with Crippen LogP contribution in [0, 0.1) is 27.7 Å². The van der Waals surface area contributed by atoms with E-state index in [2.05, 4.69) is 61.5 Å². The van der Waals surface area contributed by atoms with Crippen molar-refractivity contribution in [3.8, 4) is 5.69 Å². The Hall–Kier alpha value is -2.27. The number of aliphatic imine (C=N–C) groups is 1. The first-order chi connectivity index (χ1) is 12.9. The quantitative estimate of drug-likeness (QED) is 0.697. The van der Waals surface area contributed by atoms with Gasteiger partial charge in [-0.25, -0.2) is 0 Å². The molecule has 0 unspecified atom stereocenters. The number of benzene rings is 1. The number of hydrogen-bond donors (Lipinski definition) is 0. The molecule has 0 bridgehead atoms. The Bertz CT molecular complexity index is 953. The van der Waals surface area contributed by atoms with Crippen LogP contribution in [0.2, 0.25) is 0 Å². The van der Waals surface area contributed by atoms with Crippen molar-refractivity contribution in [2.24, 2.45) is 4.99 Å². The number of likely N-dealkylation sites (N-methyl/N-ethyl adjacent to an activating group) is 1. The lowest BCUT2D eigenvalue weighted by Gasteiger charge is -2.13. The molecule has 142 valence electrons. The maximum Gasteiger partial charge on any atom is 0.266 e. The van der Waals surface area contributed by atoms with Gasteiger partial charge in [0, 0.05) is 30.2 Å². The summed E-state index contributed by atoms with van der Waals surface area (Å²) in [6.07, 6.45) is 2.01. The first-order valence-electron chi connectivity index (χ1n) is 9.39. The van der Waals surface area contributed by atoms with Crippen LogP contribution in [-0.4, -0.2) is 33.6 Å². The van der Waals surface area contributed by atoms with Gasteiger partial charge in [0.25, 0.3) is 5.91 Å². The predicted molar refractivity (Wildman–Crippen MR) is 116 cm³/mol. The molecule has 2 heterocycles. The number of carbonyl (C=O) groups is 1. The summed E-state index contributed by atoms with van der Waals surface area (Å²) in [6.45, 7) is 13.8. The van der Waals surface area contributed by atoms with Crippen molar-refractivity contribution in [1.82, 2.24) is 9.47 Å². The van der Waals surface area contributed by atoms with Crippen LogP contribution < -0.4 is 0 Å². The maximum absolute atomic E-state index is 12.7. The molecule has 1 aromatic carbocycles. The summed E-state index contributed by atoms with van der Waals surface area (Å²) in [5, 5.41) is 0.805. The summed E-state index contributed by atoms with van der Waals surface area (Å²) in [7, 11) is 0. The Morgan fingerprint density at radius 2 is 1.85 bits per heavy atom. The molecule has 1 aliphatic rings. The van der Waals surface area contributed by atoms with E-state index in [1.807, 2.05) is 19.9 Å². The van der Waals surface area contributed by atoms with Crippen molar-refractivity contribution >= 4 is 28.9 Å². The number of amidine groups is 1. The van der Waals surface area contributed by atoms with Crippen LogP contribution in [0.5, 0.6) is 0 Å². The highest BCUT2D eigenvalue weighted by molar-refractivity contribution is 8.18. The van der Waals surface area contributed by atoms with Gasteiger partial charge in [0.2, 0.25) is 0 Å². The lowest BCUT2D eigenvalue weighted by atomic mass is 10.1. The smallest absolute Gasteiger partial charge is 0.266 e. The topological polar surface area (TPSA) is 37.6 Å². The van der Waals surface area contributed by atoms with Gasteiger partial charge in [-0.1, -0.05) is 17.7 Å². The monoisotopic (exact) mass is 381 g/mol. The number of hydrogen-bond acceptors (Lipinski definition) is 3. The van der Waals surface area contributed by atoms with Gasteiger partial charge in [0.05, 0.1) is 4.91 Å². The molecule has 4 nitrogen and oxygen atoms in total. The second kappa shape index (κ2) is 7.77. The Balaban J connectivity index is 2.04. The lowest BCUT2D eigenvalue weighted by molar-refractivity contribution is -0.122. The van der Waals surface area contributed by atoms with E-state index in [1.165, 1.54) is 28.6 Å². The van der Waals surface area contributed by atoms with Crippen molar-refractivity contribution in [3.63, 3.8) is 0 Å². The van der Waals surface area contributed by atoms with Crippen LogP contribution in [0.4, 0.5) is 0 Å². The highest BCUT2D eigenvalue weighted by atomic mass is 32.2. The van der Waals surface area contributed by atoms with Crippen molar-refractivity contribution in [1.29, 1.82) is 0 Å². The molecule has 3 rings (SSSR count). The average Bonchev–Trinajstić information content (AvgIpc) is 3.05. The zero-order chi connectivity index (χ0) is 19.7. The fraction of sp³-hybridized carbons (Fsp3) is 0.364. The summed E-state index contributed by atoms with van der Waals surface area (Å²) in [6, 6.07) is 8.67. The molecule has 1 saturated heterocycles. The number of amides is 1. The normalized spacial score (nSPS) is 17.6. The van der Waals surface area contributed by atoms with Gasteiger partial charge in [0.1, 0.15) is 0 Å². The zero-order valence-corrected chi connectivity index (χ0v) is 17.8. The minimum Gasteiger partial charge on any atom is -0.318 e. The fourth-order valence-electron chi connectivity index (χ4n) is 3.54. The van der Waals surface area contributed by atoms with Gasteiger partial charge in [-0.15, -0.1) is 0 Å². The highest BCUT2D eigenvalue weighted by Crippen LogP contribution is 2.34. The van der Waals surface area contributed by atoms with Crippen molar-refractivity contribution in [2.75, 3.05) is 13.1 Å². The van der Waals surface area contributed by atoms with Gasteiger partial charge >= 0.3 is 0 Å². The minimum atomic E-state index is 0.0472. The summed E-state index contributed by atoms with van der Waals surface area (Å²) < 4.78 is 2.27. The zero-order valence-electron chi connectivity index (χ0n) is 17.0. The third-order valence-corrected chi connectivity index (χ3v) is 5.89. The van der Waals surface area contributed by atoms with Crippen LogP contribution >= 0.6 is 11.8 Å². The molecule has 1 fully saturated rings. The molecule has 27 heavy (non-hydrogen) atoms. The SMILES string of the molecule is CCN=C1S/C(=C/c2cc(C)n(-c3ccc(C)cc3C)c2C)C(=O)N1CC. The molecule has 5 heteroatoms. The van der Waals surface area contributed by atoms with Crippen LogP contribution in [0.25, 0.3) is 11.8 Å². The Morgan fingerprint density at radius 3 is 2.48 bits per heavy atom. The summed E-state index contributed by atoms with van der Waals surface area (Å²) in [5.74, 6) is 0.0472. The van der Waals surface area contributed by atoms with Gasteiger partial charge in [-0.3, -0.25) is 14.7 Å². The number of thioether (sulfide) groups is 1. The number of aromatic nitrogens is 1. The second-order valence-electron chi connectivity index (χ2n) is 6.87. The first kappa shape index (κ1) is 19.5. The van der Waals surface area contributed by atoms with E-state index < -0.39 is 0 Å². The van der Waals surface area contributed by atoms with Crippen LogP contribution in [-0.2, 0) is 4.79 Å². The maximum atomic E-state index is 12.7. The highest BCUT2D eigenvalue weighted by Gasteiger charge is 2.32. The number of rotatable bonds is 4. The number of carbonyl (C=O) groups excluding carboxylic acids is 1. The van der Waals surface area contributed by atoms with Gasteiger partial charge in [-0.05, 0) is 82.6 Å². The summed E-state index contributed by atoms with van der Waals surface area (Å²) >= 11 is 1.47. The summed E-state index contributed by atoms with van der Waals surface area (Å²) in [4.78, 5) is 19.7. The van der Waals surface area contributed by atoms with Crippen LogP contribution in [0.15, 0.2) is 34.2 Å². The van der Waals surface area contributed by atoms with E-state index in [0.717, 1.165) is 27.0 Å². The summed E-state index contributed by atoms with van der Waals surface area (Å²) in [5.41, 5.74) is 7.08. The Labute approximate surface area is 166 Å². The van der Waals surface area contributed by atoms with Gasteiger partial charge in [0.15, 0.2) is 5.17 Å². The van der Waals surface area contributed by atoms with Crippen molar-refractivity contribution < 1.29 is 4.79 Å². The van der Waals surface area contributed by atoms with Gasteiger partial charge in [-0.2, -0.15) is 0 Å². The van der Waals surface area contributed by atoms with Crippen molar-refractivity contribution in [3.05, 3.63) is 57.2 Å². The molecule has 1 aliphatic heterocycles. The van der Waals surface area contributed by atoms with Crippen LogP contribution in [0.3, 0.4) is 0 Å².